The molecule has 1 aromatic carbocycles. The quantitative estimate of drug-likeness (QED) is 0.495. The molecule has 5 N–H and O–H groups in total. The Morgan fingerprint density at radius 2 is 1.96 bits per heavy atom. The summed E-state index contributed by atoms with van der Waals surface area (Å²) in [7, 11) is 0. The van der Waals surface area contributed by atoms with E-state index in [1.54, 1.807) is 12.1 Å². The van der Waals surface area contributed by atoms with Gasteiger partial charge in [0.05, 0.1) is 15.9 Å². The Morgan fingerprint density at radius 3 is 2.62 bits per heavy atom. The molecule has 0 spiro atoms. The van der Waals surface area contributed by atoms with Crippen LogP contribution in [0.3, 0.4) is 0 Å². The van der Waals surface area contributed by atoms with Gasteiger partial charge in [0.25, 0.3) is 0 Å². The van der Waals surface area contributed by atoms with Crippen LogP contribution in [0.1, 0.15) is 0 Å². The third-order valence-corrected chi connectivity index (χ3v) is 5.04. The molecule has 1 aromatic heterocycles. The van der Waals surface area contributed by atoms with Crippen LogP contribution in [0.5, 0.6) is 5.75 Å². The number of aliphatic hydroxyl groups is 3. The number of hydrogen-bond acceptors (Lipinski definition) is 6. The first-order valence-electron chi connectivity index (χ1n) is 6.85. The van der Waals surface area contributed by atoms with Crippen LogP contribution in [0.15, 0.2) is 22.8 Å². The van der Waals surface area contributed by atoms with Crippen LogP contribution < -0.4 is 4.74 Å². The molecular weight excluding hydrogens is 410 g/mol. The molecule has 1 fully saturated rings. The Kier molecular flexibility index (Phi) is 4.73. The number of aromatic amines is 1. The van der Waals surface area contributed by atoms with Gasteiger partial charge >= 0.3 is 5.97 Å². The van der Waals surface area contributed by atoms with Crippen LogP contribution in [-0.2, 0) is 9.53 Å². The summed E-state index contributed by atoms with van der Waals surface area (Å²) in [6.07, 6.45) is -6.94. The van der Waals surface area contributed by atoms with Gasteiger partial charge in [0.2, 0.25) is 6.29 Å². The van der Waals surface area contributed by atoms with Gasteiger partial charge < -0.3 is 34.9 Å². The lowest BCUT2D eigenvalue weighted by atomic mass is 9.99. The summed E-state index contributed by atoms with van der Waals surface area (Å²) in [5, 5.41) is 39.4. The van der Waals surface area contributed by atoms with Crippen molar-refractivity contribution in [2.24, 2.45) is 0 Å². The van der Waals surface area contributed by atoms with E-state index >= 15 is 0 Å². The van der Waals surface area contributed by atoms with Crippen molar-refractivity contribution >= 4 is 44.4 Å². The minimum absolute atomic E-state index is 0.202. The van der Waals surface area contributed by atoms with Gasteiger partial charge in [0.15, 0.2) is 6.10 Å². The van der Waals surface area contributed by atoms with E-state index in [0.717, 1.165) is 0 Å². The van der Waals surface area contributed by atoms with E-state index in [1.165, 1.54) is 6.20 Å². The Morgan fingerprint density at radius 1 is 1.25 bits per heavy atom. The number of hydrogen-bond donors (Lipinski definition) is 5. The summed E-state index contributed by atoms with van der Waals surface area (Å²) in [5.74, 6) is -1.28. The smallest absolute Gasteiger partial charge is 0.335 e. The third-order valence-electron chi connectivity index (χ3n) is 3.76. The zero-order valence-electron chi connectivity index (χ0n) is 11.9. The van der Waals surface area contributed by atoms with Gasteiger partial charge in [0, 0.05) is 10.7 Å². The molecule has 0 amide bonds. The number of H-pyrrole nitrogens is 1. The Labute approximate surface area is 148 Å². The highest BCUT2D eigenvalue weighted by Crippen LogP contribution is 2.38. The Balaban J connectivity index is 1.93. The maximum atomic E-state index is 11.1. The summed E-state index contributed by atoms with van der Waals surface area (Å²) < 4.78 is 11.2. The summed E-state index contributed by atoms with van der Waals surface area (Å²) in [6.45, 7) is 0. The fourth-order valence-electron chi connectivity index (χ4n) is 2.49. The number of carbonyl (C=O) groups is 1. The number of nitrogens with one attached hydrogen (secondary N) is 1. The third kappa shape index (κ3) is 2.87. The maximum Gasteiger partial charge on any atom is 0.335 e. The summed E-state index contributed by atoms with van der Waals surface area (Å²) in [5.41, 5.74) is 0.652. The van der Waals surface area contributed by atoms with E-state index < -0.39 is 36.7 Å². The molecule has 3 rings (SSSR count). The van der Waals surface area contributed by atoms with Crippen LogP contribution >= 0.6 is 27.5 Å². The van der Waals surface area contributed by atoms with E-state index in [-0.39, 0.29) is 5.75 Å². The molecule has 1 aliphatic heterocycles. The van der Waals surface area contributed by atoms with Gasteiger partial charge in [-0.3, -0.25) is 0 Å². The lowest BCUT2D eigenvalue weighted by molar-refractivity contribution is -0.270. The molecule has 0 bridgehead atoms. The summed E-state index contributed by atoms with van der Waals surface area (Å²) in [6, 6.07) is 3.48. The molecule has 1 aliphatic rings. The predicted molar refractivity (Wildman–Crippen MR) is 86.0 cm³/mol. The standard InChI is InChI=1S/C14H13BrClNO7/c15-4-1-2-5-7(8(4)16)6(3-17-5)23-14-11(20)9(18)10(19)12(24-14)13(21)22/h1-3,9-12,14,17-20H,(H,21,22)/t9-,10-,11+,12-,14+/m0/s1. The number of aromatic nitrogens is 1. The highest BCUT2D eigenvalue weighted by Gasteiger charge is 2.48. The zero-order valence-corrected chi connectivity index (χ0v) is 14.2. The first-order chi connectivity index (χ1) is 11.3. The monoisotopic (exact) mass is 421 g/mol. The van der Waals surface area contributed by atoms with Crippen molar-refractivity contribution in [2.75, 3.05) is 0 Å². The van der Waals surface area contributed by atoms with Crippen molar-refractivity contribution in [3.05, 3.63) is 27.8 Å². The highest BCUT2D eigenvalue weighted by molar-refractivity contribution is 9.10. The van der Waals surface area contributed by atoms with E-state index in [1.807, 2.05) is 0 Å². The summed E-state index contributed by atoms with van der Waals surface area (Å²) >= 11 is 9.51. The molecular formula is C14H13BrClNO7. The molecule has 10 heteroatoms. The second kappa shape index (κ2) is 6.51. The van der Waals surface area contributed by atoms with Crippen molar-refractivity contribution in [1.82, 2.24) is 4.98 Å². The van der Waals surface area contributed by atoms with Crippen LogP contribution in [-0.4, -0.2) is 62.1 Å². The first kappa shape index (κ1) is 17.5. The number of aliphatic hydroxyl groups excluding tert-OH is 3. The molecule has 5 atom stereocenters. The molecule has 24 heavy (non-hydrogen) atoms. The van der Waals surface area contributed by atoms with E-state index in [0.29, 0.717) is 20.4 Å². The van der Waals surface area contributed by atoms with Crippen molar-refractivity contribution in [2.45, 2.75) is 30.7 Å². The normalized spacial score (nSPS) is 30.5. The second-order valence-corrected chi connectivity index (χ2v) is 6.52. The largest absolute Gasteiger partial charge is 0.479 e. The van der Waals surface area contributed by atoms with Crippen molar-refractivity contribution in [3.8, 4) is 5.75 Å². The summed E-state index contributed by atoms with van der Waals surface area (Å²) in [4.78, 5) is 14.0. The number of benzene rings is 1. The Hall–Kier alpha value is -1.36. The lowest BCUT2D eigenvalue weighted by Gasteiger charge is -2.38. The van der Waals surface area contributed by atoms with Gasteiger partial charge in [0.1, 0.15) is 24.1 Å². The van der Waals surface area contributed by atoms with Crippen molar-refractivity contribution in [1.29, 1.82) is 0 Å². The molecule has 130 valence electrons. The average Bonchev–Trinajstić information content (AvgIpc) is 2.94. The highest BCUT2D eigenvalue weighted by atomic mass is 79.9. The number of carboxylic acid groups (broad SMARTS) is 1. The first-order valence-corrected chi connectivity index (χ1v) is 8.02. The van der Waals surface area contributed by atoms with Crippen LogP contribution in [0.25, 0.3) is 10.9 Å². The molecule has 0 radical (unpaired) electrons. The fourth-order valence-corrected chi connectivity index (χ4v) is 3.08. The van der Waals surface area contributed by atoms with Crippen molar-refractivity contribution in [3.63, 3.8) is 0 Å². The number of carboxylic acids is 1. The maximum absolute atomic E-state index is 11.1. The SMILES string of the molecule is O=C(O)[C@H]1O[C@@H](Oc2c[nH]c3ccc(Br)c(Cl)c23)[C@H](O)[C@@H](O)[C@@H]1O. The topological polar surface area (TPSA) is 132 Å². The van der Waals surface area contributed by atoms with Gasteiger partial charge in [-0.15, -0.1) is 0 Å². The minimum atomic E-state index is -1.78. The zero-order chi connectivity index (χ0) is 17.6. The fraction of sp³-hybridized carbons (Fsp3) is 0.357. The number of halogens is 2. The number of rotatable bonds is 3. The van der Waals surface area contributed by atoms with Gasteiger partial charge in [-0.05, 0) is 28.1 Å². The van der Waals surface area contributed by atoms with Gasteiger partial charge in [-0.25, -0.2) is 4.79 Å². The molecule has 2 heterocycles. The van der Waals surface area contributed by atoms with E-state index in [2.05, 4.69) is 20.9 Å². The van der Waals surface area contributed by atoms with E-state index in [4.69, 9.17) is 26.2 Å². The van der Waals surface area contributed by atoms with Crippen LogP contribution in [0.4, 0.5) is 0 Å². The van der Waals surface area contributed by atoms with Gasteiger partial charge in [-0.2, -0.15) is 0 Å². The molecule has 0 aliphatic carbocycles. The van der Waals surface area contributed by atoms with Gasteiger partial charge in [-0.1, -0.05) is 11.6 Å². The second-order valence-electron chi connectivity index (χ2n) is 5.29. The minimum Gasteiger partial charge on any atom is -0.479 e. The van der Waals surface area contributed by atoms with Crippen LogP contribution in [0.2, 0.25) is 5.02 Å². The van der Waals surface area contributed by atoms with Crippen LogP contribution in [0, 0.1) is 0 Å². The van der Waals surface area contributed by atoms with E-state index in [9.17, 15) is 20.1 Å². The average molecular weight is 423 g/mol. The predicted octanol–water partition coefficient (Wildman–Crippen LogP) is 0.855. The molecule has 0 unspecified atom stereocenters. The molecule has 0 saturated carbocycles. The lowest BCUT2D eigenvalue weighted by Crippen LogP contribution is -2.61. The van der Waals surface area contributed by atoms with Crippen molar-refractivity contribution < 1.29 is 34.7 Å². The molecule has 8 nitrogen and oxygen atoms in total. The number of fused-ring (bicyclic) bond motifs is 1. The molecule has 1 saturated heterocycles. The molecule has 2 aromatic rings. The Bertz CT molecular complexity index is 782. The number of ether oxygens (including phenoxy) is 2. The number of aliphatic carboxylic acids is 1.